The summed E-state index contributed by atoms with van der Waals surface area (Å²) in [5, 5.41) is 3.31. The summed E-state index contributed by atoms with van der Waals surface area (Å²) in [6.07, 6.45) is 13.5. The Kier molecular flexibility index (Phi) is 9.06. The molecule has 2 unspecified atom stereocenters. The van der Waals surface area contributed by atoms with E-state index >= 15 is 0 Å². The van der Waals surface area contributed by atoms with Crippen LogP contribution in [0.4, 0.5) is 0 Å². The first-order valence-electron chi connectivity index (χ1n) is 13.2. The molecule has 0 aromatic heterocycles. The first-order chi connectivity index (χ1) is 16.7. The Morgan fingerprint density at radius 1 is 1.03 bits per heavy atom. The Hall–Kier alpha value is -2.75. The molecule has 1 heterocycles. The Morgan fingerprint density at radius 3 is 2.68 bits per heavy atom. The molecule has 1 aliphatic carbocycles. The topological polar surface area (TPSA) is 41.6 Å². The molecule has 2 aromatic carbocycles. The lowest BCUT2D eigenvalue weighted by molar-refractivity contribution is -0.121. The van der Waals surface area contributed by atoms with Gasteiger partial charge in [-0.15, -0.1) is 0 Å². The zero-order valence-electron chi connectivity index (χ0n) is 20.7. The van der Waals surface area contributed by atoms with Gasteiger partial charge in [-0.3, -0.25) is 4.79 Å². The average Bonchev–Trinajstić information content (AvgIpc) is 2.81. The van der Waals surface area contributed by atoms with Crippen molar-refractivity contribution < 1.29 is 9.53 Å². The summed E-state index contributed by atoms with van der Waals surface area (Å²) in [6, 6.07) is 19.0. The van der Waals surface area contributed by atoms with E-state index in [9.17, 15) is 4.79 Å². The predicted molar refractivity (Wildman–Crippen MR) is 139 cm³/mol. The number of carbonyl (C=O) groups excluding carboxylic acids is 1. The highest BCUT2D eigenvalue weighted by molar-refractivity contribution is 5.79. The van der Waals surface area contributed by atoms with Crippen molar-refractivity contribution in [2.45, 2.75) is 83.2 Å². The quantitative estimate of drug-likeness (QED) is 0.521. The van der Waals surface area contributed by atoms with Crippen molar-refractivity contribution in [3.05, 3.63) is 77.5 Å². The molecular formula is C30H40N2O2. The molecule has 1 saturated heterocycles. The molecule has 0 saturated carbocycles. The third kappa shape index (κ3) is 7.12. The second-order valence-electron chi connectivity index (χ2n) is 9.85. The first kappa shape index (κ1) is 24.4. The van der Waals surface area contributed by atoms with Crippen LogP contribution < -0.4 is 10.1 Å². The lowest BCUT2D eigenvalue weighted by Gasteiger charge is -2.41. The van der Waals surface area contributed by atoms with Gasteiger partial charge in [0, 0.05) is 36.3 Å². The number of nitrogens with one attached hydrogen (secondary N) is 1. The summed E-state index contributed by atoms with van der Waals surface area (Å²) < 4.78 is 6.06. The fraction of sp³-hybridized carbons (Fsp3) is 0.500. The lowest BCUT2D eigenvalue weighted by Crippen LogP contribution is -2.48. The third-order valence-electron chi connectivity index (χ3n) is 7.19. The number of allylic oxidation sites excluding steroid dienone is 2. The van der Waals surface area contributed by atoms with Crippen LogP contribution in [0.5, 0.6) is 5.75 Å². The number of piperidine rings is 1. The summed E-state index contributed by atoms with van der Waals surface area (Å²) in [7, 11) is 0. The number of ether oxygens (including phenoxy) is 1. The molecule has 1 amide bonds. The summed E-state index contributed by atoms with van der Waals surface area (Å²) in [5.74, 6) is 0.905. The van der Waals surface area contributed by atoms with Crippen LogP contribution in [0.1, 0.15) is 69.4 Å². The summed E-state index contributed by atoms with van der Waals surface area (Å²) in [4.78, 5) is 15.5. The van der Waals surface area contributed by atoms with Gasteiger partial charge in [-0.1, -0.05) is 67.4 Å². The number of nitrogens with zero attached hydrogens (tertiary/aromatic N) is 1. The van der Waals surface area contributed by atoms with Crippen LogP contribution >= 0.6 is 0 Å². The minimum absolute atomic E-state index is 0.0925. The zero-order valence-corrected chi connectivity index (χ0v) is 20.7. The maximum absolute atomic E-state index is 12.9. The van der Waals surface area contributed by atoms with Crippen LogP contribution in [-0.2, 0) is 17.6 Å². The molecule has 0 spiro atoms. The van der Waals surface area contributed by atoms with Gasteiger partial charge in [0.15, 0.2) is 0 Å². The van der Waals surface area contributed by atoms with Gasteiger partial charge >= 0.3 is 0 Å². The van der Waals surface area contributed by atoms with Gasteiger partial charge in [0.1, 0.15) is 5.75 Å². The van der Waals surface area contributed by atoms with Crippen molar-refractivity contribution in [3.8, 4) is 5.75 Å². The van der Waals surface area contributed by atoms with E-state index < -0.39 is 0 Å². The van der Waals surface area contributed by atoms with E-state index in [1.54, 1.807) is 5.70 Å². The number of amides is 1. The van der Waals surface area contributed by atoms with Gasteiger partial charge in [-0.25, -0.2) is 0 Å². The Balaban J connectivity index is 1.26. The first-order valence-corrected chi connectivity index (χ1v) is 13.2. The van der Waals surface area contributed by atoms with Gasteiger partial charge in [0.2, 0.25) is 5.91 Å². The van der Waals surface area contributed by atoms with Gasteiger partial charge in [0.25, 0.3) is 0 Å². The van der Waals surface area contributed by atoms with E-state index in [4.69, 9.17) is 4.74 Å². The maximum Gasteiger partial charge on any atom is 0.224 e. The normalized spacial score (nSPS) is 22.7. The summed E-state index contributed by atoms with van der Waals surface area (Å²) in [6.45, 7) is 3.96. The van der Waals surface area contributed by atoms with Crippen molar-refractivity contribution in [2.24, 2.45) is 0 Å². The highest BCUT2D eigenvalue weighted by atomic mass is 16.5. The molecule has 2 aliphatic rings. The Bertz CT molecular complexity index is 940. The molecule has 4 heteroatoms. The van der Waals surface area contributed by atoms with E-state index in [1.807, 2.05) is 42.5 Å². The smallest absolute Gasteiger partial charge is 0.224 e. The molecule has 2 atom stereocenters. The van der Waals surface area contributed by atoms with E-state index in [2.05, 4.69) is 35.3 Å². The van der Waals surface area contributed by atoms with E-state index in [0.717, 1.165) is 37.1 Å². The van der Waals surface area contributed by atoms with Gasteiger partial charge < -0.3 is 15.0 Å². The second-order valence-corrected chi connectivity index (χ2v) is 9.85. The summed E-state index contributed by atoms with van der Waals surface area (Å²) in [5.41, 5.74) is 3.75. The number of likely N-dealkylation sites (tertiary alicyclic amines) is 1. The molecule has 0 radical (unpaired) electrons. The lowest BCUT2D eigenvalue weighted by atomic mass is 9.95. The largest absolute Gasteiger partial charge is 0.493 e. The Labute approximate surface area is 205 Å². The SMILES string of the molecule is CC1CC(NC(=O)Cc2ccccc2OCCc2ccccc2)CCN1/C1=C/CCCCCC1. The molecule has 2 aromatic rings. The predicted octanol–water partition coefficient (Wildman–Crippen LogP) is 6.06. The molecule has 4 nitrogen and oxygen atoms in total. The second kappa shape index (κ2) is 12.6. The molecular weight excluding hydrogens is 420 g/mol. The number of para-hydroxylation sites is 1. The number of rotatable bonds is 8. The Morgan fingerprint density at radius 2 is 1.82 bits per heavy atom. The van der Waals surface area contributed by atoms with Crippen LogP contribution in [0, 0.1) is 0 Å². The van der Waals surface area contributed by atoms with E-state index in [-0.39, 0.29) is 11.9 Å². The number of carbonyl (C=O) groups is 1. The van der Waals surface area contributed by atoms with E-state index in [1.165, 1.54) is 44.1 Å². The molecule has 34 heavy (non-hydrogen) atoms. The van der Waals surface area contributed by atoms with Crippen molar-refractivity contribution in [1.82, 2.24) is 10.2 Å². The van der Waals surface area contributed by atoms with Crippen molar-refractivity contribution in [1.29, 1.82) is 0 Å². The number of hydrogen-bond donors (Lipinski definition) is 1. The van der Waals surface area contributed by atoms with Crippen LogP contribution in [0.15, 0.2) is 66.4 Å². The van der Waals surface area contributed by atoms with Crippen LogP contribution in [0.25, 0.3) is 0 Å². The van der Waals surface area contributed by atoms with Gasteiger partial charge in [-0.05, 0) is 57.1 Å². The minimum Gasteiger partial charge on any atom is -0.493 e. The van der Waals surface area contributed by atoms with Crippen LogP contribution in [0.2, 0.25) is 0 Å². The summed E-state index contributed by atoms with van der Waals surface area (Å²) >= 11 is 0. The zero-order chi connectivity index (χ0) is 23.6. The third-order valence-corrected chi connectivity index (χ3v) is 7.19. The van der Waals surface area contributed by atoms with Crippen molar-refractivity contribution in [3.63, 3.8) is 0 Å². The molecule has 182 valence electrons. The fourth-order valence-electron chi connectivity index (χ4n) is 5.33. The number of benzene rings is 2. The molecule has 1 N–H and O–H groups in total. The molecule has 1 fully saturated rings. The monoisotopic (exact) mass is 460 g/mol. The van der Waals surface area contributed by atoms with Gasteiger partial charge in [-0.2, -0.15) is 0 Å². The average molecular weight is 461 g/mol. The van der Waals surface area contributed by atoms with Crippen molar-refractivity contribution in [2.75, 3.05) is 13.2 Å². The van der Waals surface area contributed by atoms with Crippen molar-refractivity contribution >= 4 is 5.91 Å². The fourth-order valence-corrected chi connectivity index (χ4v) is 5.33. The minimum atomic E-state index is 0.0925. The van der Waals surface area contributed by atoms with Crippen LogP contribution in [0.3, 0.4) is 0 Å². The molecule has 4 rings (SSSR count). The highest BCUT2D eigenvalue weighted by Gasteiger charge is 2.27. The molecule has 0 bridgehead atoms. The van der Waals surface area contributed by atoms with E-state index in [0.29, 0.717) is 19.1 Å². The standard InChI is InChI=1S/C30H40N2O2/c1-24-22-27(18-20-32(24)28-15-8-3-2-4-9-16-28)31-30(33)23-26-14-10-11-17-29(26)34-21-19-25-12-6-5-7-13-25/h5-7,10-15,17,24,27H,2-4,8-9,16,18-23H2,1H3,(H,31,33)/b28-15+. The maximum atomic E-state index is 12.9. The number of hydrogen-bond acceptors (Lipinski definition) is 3. The van der Waals surface area contributed by atoms with Crippen LogP contribution in [-0.4, -0.2) is 36.0 Å². The molecule has 1 aliphatic heterocycles. The highest BCUT2D eigenvalue weighted by Crippen LogP contribution is 2.27. The van der Waals surface area contributed by atoms with Gasteiger partial charge in [0.05, 0.1) is 13.0 Å².